The third-order valence-electron chi connectivity index (χ3n) is 2.65. The van der Waals surface area contributed by atoms with Crippen LogP contribution in [0.2, 0.25) is 0 Å². The summed E-state index contributed by atoms with van der Waals surface area (Å²) in [5.41, 5.74) is -0.250. The van der Waals surface area contributed by atoms with E-state index < -0.39 is 0 Å². The van der Waals surface area contributed by atoms with E-state index in [4.69, 9.17) is 4.74 Å². The summed E-state index contributed by atoms with van der Waals surface area (Å²) >= 11 is 0. The minimum atomic E-state index is -0.250. The highest BCUT2D eigenvalue weighted by Crippen LogP contribution is 2.18. The molecule has 1 aliphatic heterocycles. The lowest BCUT2D eigenvalue weighted by molar-refractivity contribution is -0.129. The first kappa shape index (κ1) is 14.0. The van der Waals surface area contributed by atoms with E-state index in [-0.39, 0.29) is 23.3 Å². The maximum Gasteiger partial charge on any atom is 0.225 e. The van der Waals surface area contributed by atoms with Crippen LogP contribution in [0, 0.1) is 5.92 Å². The Labute approximate surface area is 102 Å². The molecule has 0 bridgehead atoms. The number of amides is 2. The topological polar surface area (TPSA) is 58.6 Å². The molecule has 0 radical (unpaired) electrons. The lowest BCUT2D eigenvalue weighted by Gasteiger charge is -2.23. The first-order chi connectivity index (χ1) is 7.83. The minimum absolute atomic E-state index is 0.0363. The van der Waals surface area contributed by atoms with Crippen molar-refractivity contribution in [3.8, 4) is 0 Å². The molecule has 1 aliphatic rings. The Morgan fingerprint density at radius 2 is 2.18 bits per heavy atom. The average Bonchev–Trinajstić information content (AvgIpc) is 2.54. The molecule has 1 rings (SSSR count). The van der Waals surface area contributed by atoms with Crippen LogP contribution in [0.3, 0.4) is 0 Å². The van der Waals surface area contributed by atoms with Crippen molar-refractivity contribution in [2.45, 2.75) is 32.7 Å². The summed E-state index contributed by atoms with van der Waals surface area (Å²) in [5.74, 6) is -0.222. The Hall–Kier alpha value is -1.10. The summed E-state index contributed by atoms with van der Waals surface area (Å²) in [6.45, 7) is 7.39. The summed E-state index contributed by atoms with van der Waals surface area (Å²) in [7, 11) is 1.60. The molecular weight excluding hydrogens is 220 g/mol. The Bertz CT molecular complexity index is 297. The zero-order chi connectivity index (χ0) is 13.1. The predicted molar refractivity (Wildman–Crippen MR) is 64.5 cm³/mol. The zero-order valence-electron chi connectivity index (χ0n) is 11.1. The normalized spacial score (nSPS) is 20.8. The van der Waals surface area contributed by atoms with Crippen LogP contribution in [-0.4, -0.2) is 49.1 Å². The van der Waals surface area contributed by atoms with E-state index in [1.807, 2.05) is 20.8 Å². The summed E-state index contributed by atoms with van der Waals surface area (Å²) < 4.78 is 4.93. The van der Waals surface area contributed by atoms with Crippen molar-refractivity contribution in [1.82, 2.24) is 10.2 Å². The van der Waals surface area contributed by atoms with Gasteiger partial charge in [0.1, 0.15) is 0 Å². The average molecular weight is 242 g/mol. The minimum Gasteiger partial charge on any atom is -0.383 e. The zero-order valence-corrected chi connectivity index (χ0v) is 11.1. The van der Waals surface area contributed by atoms with E-state index in [2.05, 4.69) is 5.32 Å². The molecule has 0 saturated carbocycles. The predicted octanol–water partition coefficient (Wildman–Crippen LogP) is 0.396. The summed E-state index contributed by atoms with van der Waals surface area (Å²) in [6, 6.07) is 0. The van der Waals surface area contributed by atoms with Crippen LogP contribution in [0.5, 0.6) is 0 Å². The standard InChI is InChI=1S/C12H22N2O3/c1-12(2,3)13-11(16)9-7-10(15)14(8-9)5-6-17-4/h9H,5-8H2,1-4H3,(H,13,16)/t9-/m1/s1. The van der Waals surface area contributed by atoms with Crippen LogP contribution in [0.25, 0.3) is 0 Å². The van der Waals surface area contributed by atoms with Gasteiger partial charge in [0, 0.05) is 32.2 Å². The second-order valence-electron chi connectivity index (χ2n) is 5.47. The number of hydrogen-bond donors (Lipinski definition) is 1. The second-order valence-corrected chi connectivity index (χ2v) is 5.47. The lowest BCUT2D eigenvalue weighted by atomic mass is 10.0. The van der Waals surface area contributed by atoms with Gasteiger partial charge in [-0.15, -0.1) is 0 Å². The van der Waals surface area contributed by atoms with Gasteiger partial charge >= 0.3 is 0 Å². The Kier molecular flexibility index (Phi) is 4.51. The maximum absolute atomic E-state index is 11.9. The van der Waals surface area contributed by atoms with Crippen LogP contribution in [0.1, 0.15) is 27.2 Å². The lowest BCUT2D eigenvalue weighted by Crippen LogP contribution is -2.44. The maximum atomic E-state index is 11.9. The fourth-order valence-electron chi connectivity index (χ4n) is 1.84. The number of carbonyl (C=O) groups is 2. The highest BCUT2D eigenvalue weighted by atomic mass is 16.5. The molecular formula is C12H22N2O3. The molecule has 1 N–H and O–H groups in total. The van der Waals surface area contributed by atoms with Gasteiger partial charge in [0.15, 0.2) is 0 Å². The molecule has 0 spiro atoms. The number of ether oxygens (including phenoxy) is 1. The van der Waals surface area contributed by atoms with E-state index in [0.29, 0.717) is 26.1 Å². The van der Waals surface area contributed by atoms with Gasteiger partial charge in [0.2, 0.25) is 11.8 Å². The molecule has 1 atom stereocenters. The van der Waals surface area contributed by atoms with E-state index >= 15 is 0 Å². The number of nitrogens with one attached hydrogen (secondary N) is 1. The number of likely N-dealkylation sites (tertiary alicyclic amines) is 1. The largest absolute Gasteiger partial charge is 0.383 e. The van der Waals surface area contributed by atoms with Crippen LogP contribution in [0.4, 0.5) is 0 Å². The van der Waals surface area contributed by atoms with E-state index in [9.17, 15) is 9.59 Å². The number of rotatable bonds is 4. The smallest absolute Gasteiger partial charge is 0.225 e. The second kappa shape index (κ2) is 5.49. The van der Waals surface area contributed by atoms with Gasteiger partial charge < -0.3 is 15.0 Å². The van der Waals surface area contributed by atoms with Crippen LogP contribution < -0.4 is 5.32 Å². The van der Waals surface area contributed by atoms with Gasteiger partial charge in [-0.3, -0.25) is 9.59 Å². The van der Waals surface area contributed by atoms with Gasteiger partial charge in [0.25, 0.3) is 0 Å². The molecule has 2 amide bonds. The van der Waals surface area contributed by atoms with Crippen molar-refractivity contribution in [2.75, 3.05) is 26.8 Å². The molecule has 17 heavy (non-hydrogen) atoms. The monoisotopic (exact) mass is 242 g/mol. The molecule has 0 aromatic rings. The first-order valence-corrected chi connectivity index (χ1v) is 5.92. The summed E-state index contributed by atoms with van der Waals surface area (Å²) in [4.78, 5) is 25.2. The quantitative estimate of drug-likeness (QED) is 0.776. The van der Waals surface area contributed by atoms with Crippen molar-refractivity contribution >= 4 is 11.8 Å². The fraction of sp³-hybridized carbons (Fsp3) is 0.833. The van der Waals surface area contributed by atoms with Gasteiger partial charge in [0.05, 0.1) is 12.5 Å². The molecule has 0 unspecified atom stereocenters. The molecule has 1 heterocycles. The van der Waals surface area contributed by atoms with Crippen LogP contribution >= 0.6 is 0 Å². The van der Waals surface area contributed by atoms with E-state index in [0.717, 1.165) is 0 Å². The SMILES string of the molecule is COCCN1C[C@H](C(=O)NC(C)(C)C)CC1=O. The molecule has 98 valence electrons. The molecule has 1 saturated heterocycles. The summed E-state index contributed by atoms with van der Waals surface area (Å²) in [5, 5.41) is 2.91. The van der Waals surface area contributed by atoms with Crippen LogP contribution in [-0.2, 0) is 14.3 Å². The Balaban J connectivity index is 2.48. The highest BCUT2D eigenvalue weighted by Gasteiger charge is 2.34. The van der Waals surface area contributed by atoms with E-state index in [1.165, 1.54) is 0 Å². The first-order valence-electron chi connectivity index (χ1n) is 5.92. The van der Waals surface area contributed by atoms with Gasteiger partial charge in [-0.05, 0) is 20.8 Å². The van der Waals surface area contributed by atoms with Crippen molar-refractivity contribution in [2.24, 2.45) is 5.92 Å². The number of carbonyl (C=O) groups excluding carboxylic acids is 2. The summed E-state index contributed by atoms with van der Waals surface area (Å²) in [6.07, 6.45) is 0.311. The molecule has 1 fully saturated rings. The molecule has 5 heteroatoms. The Morgan fingerprint density at radius 3 is 2.71 bits per heavy atom. The van der Waals surface area contributed by atoms with Crippen molar-refractivity contribution in [1.29, 1.82) is 0 Å². The molecule has 0 aromatic heterocycles. The van der Waals surface area contributed by atoms with Crippen molar-refractivity contribution < 1.29 is 14.3 Å². The molecule has 5 nitrogen and oxygen atoms in total. The van der Waals surface area contributed by atoms with Crippen LogP contribution in [0.15, 0.2) is 0 Å². The highest BCUT2D eigenvalue weighted by molar-refractivity contribution is 5.89. The number of methoxy groups -OCH3 is 1. The third-order valence-corrected chi connectivity index (χ3v) is 2.65. The Morgan fingerprint density at radius 1 is 1.53 bits per heavy atom. The van der Waals surface area contributed by atoms with Gasteiger partial charge in [-0.25, -0.2) is 0 Å². The van der Waals surface area contributed by atoms with Gasteiger partial charge in [-0.2, -0.15) is 0 Å². The fourth-order valence-corrected chi connectivity index (χ4v) is 1.84. The van der Waals surface area contributed by atoms with E-state index in [1.54, 1.807) is 12.0 Å². The third kappa shape index (κ3) is 4.34. The molecule has 0 aliphatic carbocycles. The van der Waals surface area contributed by atoms with Gasteiger partial charge in [-0.1, -0.05) is 0 Å². The number of nitrogens with zero attached hydrogens (tertiary/aromatic N) is 1. The number of hydrogen-bond acceptors (Lipinski definition) is 3. The van der Waals surface area contributed by atoms with Crippen molar-refractivity contribution in [3.05, 3.63) is 0 Å². The molecule has 0 aromatic carbocycles. The van der Waals surface area contributed by atoms with Crippen molar-refractivity contribution in [3.63, 3.8) is 0 Å².